The van der Waals surface area contributed by atoms with Crippen LogP contribution in [0.15, 0.2) is 6.33 Å². The van der Waals surface area contributed by atoms with Crippen LogP contribution in [0, 0.1) is 0 Å². The van der Waals surface area contributed by atoms with Crippen molar-refractivity contribution in [2.75, 3.05) is 31.7 Å². The van der Waals surface area contributed by atoms with Crippen molar-refractivity contribution in [1.82, 2.24) is 9.97 Å². The quantitative estimate of drug-likeness (QED) is 0.686. The van der Waals surface area contributed by atoms with Crippen LogP contribution < -0.4 is 5.32 Å². The second-order valence-corrected chi connectivity index (χ2v) is 4.12. The molecule has 0 radical (unpaired) electrons. The van der Waals surface area contributed by atoms with Gasteiger partial charge in [0, 0.05) is 24.4 Å². The summed E-state index contributed by atoms with van der Waals surface area (Å²) in [5.41, 5.74) is 2.47. The summed E-state index contributed by atoms with van der Waals surface area (Å²) in [5, 5.41) is 11.9. The molecular weight excluding hydrogens is 218 g/mol. The maximum absolute atomic E-state index is 8.55. The Morgan fingerprint density at radius 2 is 2.24 bits per heavy atom. The third-order valence-electron chi connectivity index (χ3n) is 2.87. The summed E-state index contributed by atoms with van der Waals surface area (Å²) in [7, 11) is 0. The number of aromatic nitrogens is 2. The predicted molar refractivity (Wildman–Crippen MR) is 65.1 cm³/mol. The standard InChI is InChI=1S/C12H19N3O2/c16-6-8-17-7-2-5-13-12-10-3-1-4-11(10)14-9-15-12/h9,16H,1-8H2,(H,13,14,15). The van der Waals surface area contributed by atoms with Gasteiger partial charge in [-0.15, -0.1) is 0 Å². The van der Waals surface area contributed by atoms with Gasteiger partial charge in [-0.2, -0.15) is 0 Å². The van der Waals surface area contributed by atoms with Crippen molar-refractivity contribution in [1.29, 1.82) is 0 Å². The van der Waals surface area contributed by atoms with E-state index in [1.807, 2.05) is 0 Å². The molecule has 17 heavy (non-hydrogen) atoms. The van der Waals surface area contributed by atoms with E-state index in [1.165, 1.54) is 17.7 Å². The van der Waals surface area contributed by atoms with Crippen LogP contribution in [0.1, 0.15) is 24.1 Å². The molecule has 0 spiro atoms. The van der Waals surface area contributed by atoms with E-state index >= 15 is 0 Å². The Morgan fingerprint density at radius 3 is 3.12 bits per heavy atom. The van der Waals surface area contributed by atoms with Crippen LogP contribution in [0.3, 0.4) is 0 Å². The summed E-state index contributed by atoms with van der Waals surface area (Å²) in [6.45, 7) is 2.02. The van der Waals surface area contributed by atoms with Gasteiger partial charge in [-0.25, -0.2) is 9.97 Å². The second kappa shape index (κ2) is 6.51. The van der Waals surface area contributed by atoms with Crippen LogP contribution in [0.25, 0.3) is 0 Å². The fraction of sp³-hybridized carbons (Fsp3) is 0.667. The number of nitrogens with one attached hydrogen (secondary N) is 1. The van der Waals surface area contributed by atoms with Gasteiger partial charge in [0.15, 0.2) is 0 Å². The van der Waals surface area contributed by atoms with Crippen molar-refractivity contribution in [2.24, 2.45) is 0 Å². The van der Waals surface area contributed by atoms with Crippen LogP contribution in [0.2, 0.25) is 0 Å². The topological polar surface area (TPSA) is 67.3 Å². The molecule has 1 aromatic rings. The number of anilines is 1. The van der Waals surface area contributed by atoms with Crippen molar-refractivity contribution in [2.45, 2.75) is 25.7 Å². The van der Waals surface area contributed by atoms with Crippen molar-refractivity contribution in [3.05, 3.63) is 17.6 Å². The monoisotopic (exact) mass is 237 g/mol. The molecule has 5 nitrogen and oxygen atoms in total. The molecule has 5 heteroatoms. The van der Waals surface area contributed by atoms with Crippen molar-refractivity contribution < 1.29 is 9.84 Å². The SMILES string of the molecule is OCCOCCCNc1ncnc2c1CCC2. The Bertz CT molecular complexity index is 358. The molecule has 0 saturated carbocycles. The summed E-state index contributed by atoms with van der Waals surface area (Å²) >= 11 is 0. The van der Waals surface area contributed by atoms with E-state index in [-0.39, 0.29) is 6.61 Å². The van der Waals surface area contributed by atoms with Crippen molar-refractivity contribution >= 4 is 5.82 Å². The lowest BCUT2D eigenvalue weighted by Crippen LogP contribution is -2.10. The zero-order valence-corrected chi connectivity index (χ0v) is 9.98. The van der Waals surface area contributed by atoms with E-state index in [0.29, 0.717) is 13.2 Å². The van der Waals surface area contributed by atoms with Crippen LogP contribution in [0.4, 0.5) is 5.82 Å². The molecule has 0 aliphatic heterocycles. The highest BCUT2D eigenvalue weighted by Crippen LogP contribution is 2.24. The number of hydrogen-bond acceptors (Lipinski definition) is 5. The summed E-state index contributed by atoms with van der Waals surface area (Å²) in [5.74, 6) is 0.981. The molecule has 2 N–H and O–H groups in total. The number of rotatable bonds is 7. The van der Waals surface area contributed by atoms with Crippen molar-refractivity contribution in [3.8, 4) is 0 Å². The normalized spacial score (nSPS) is 13.7. The zero-order valence-electron chi connectivity index (χ0n) is 9.98. The first-order chi connectivity index (χ1) is 8.42. The number of aryl methyl sites for hydroxylation is 1. The first-order valence-corrected chi connectivity index (χ1v) is 6.17. The Labute approximate surface area is 101 Å². The van der Waals surface area contributed by atoms with E-state index in [0.717, 1.165) is 31.6 Å². The van der Waals surface area contributed by atoms with Crippen LogP contribution in [-0.4, -0.2) is 41.4 Å². The molecule has 0 atom stereocenters. The number of fused-ring (bicyclic) bond motifs is 1. The molecule has 0 unspecified atom stereocenters. The van der Waals surface area contributed by atoms with Gasteiger partial charge in [-0.05, 0) is 25.7 Å². The van der Waals surface area contributed by atoms with Gasteiger partial charge in [0.05, 0.1) is 13.2 Å². The highest BCUT2D eigenvalue weighted by Gasteiger charge is 2.16. The first kappa shape index (κ1) is 12.3. The lowest BCUT2D eigenvalue weighted by atomic mass is 10.2. The van der Waals surface area contributed by atoms with Gasteiger partial charge in [0.1, 0.15) is 12.1 Å². The Balaban J connectivity index is 1.74. The van der Waals surface area contributed by atoms with Gasteiger partial charge >= 0.3 is 0 Å². The molecular formula is C12H19N3O2. The average molecular weight is 237 g/mol. The van der Waals surface area contributed by atoms with Crippen LogP contribution in [-0.2, 0) is 17.6 Å². The molecule has 0 aromatic carbocycles. The molecule has 1 aliphatic rings. The van der Waals surface area contributed by atoms with Crippen molar-refractivity contribution in [3.63, 3.8) is 0 Å². The molecule has 0 fully saturated rings. The molecule has 94 valence electrons. The third kappa shape index (κ3) is 3.38. The maximum Gasteiger partial charge on any atom is 0.132 e. The second-order valence-electron chi connectivity index (χ2n) is 4.12. The zero-order chi connectivity index (χ0) is 11.9. The van der Waals surface area contributed by atoms with Crippen LogP contribution >= 0.6 is 0 Å². The predicted octanol–water partition coefficient (Wildman–Crippen LogP) is 0.776. The maximum atomic E-state index is 8.55. The minimum atomic E-state index is 0.0901. The fourth-order valence-corrected chi connectivity index (χ4v) is 2.06. The van der Waals surface area contributed by atoms with Crippen LogP contribution in [0.5, 0.6) is 0 Å². The molecule has 1 aliphatic carbocycles. The summed E-state index contributed by atoms with van der Waals surface area (Å²) < 4.78 is 5.19. The Kier molecular flexibility index (Phi) is 4.70. The highest BCUT2D eigenvalue weighted by atomic mass is 16.5. The largest absolute Gasteiger partial charge is 0.394 e. The molecule has 0 bridgehead atoms. The highest BCUT2D eigenvalue weighted by molar-refractivity contribution is 5.47. The number of ether oxygens (including phenoxy) is 1. The first-order valence-electron chi connectivity index (χ1n) is 6.17. The molecule has 1 heterocycles. The van der Waals surface area contributed by atoms with Gasteiger partial charge in [-0.3, -0.25) is 0 Å². The molecule has 0 amide bonds. The smallest absolute Gasteiger partial charge is 0.132 e. The molecule has 0 saturated heterocycles. The van der Waals surface area contributed by atoms with E-state index in [1.54, 1.807) is 6.33 Å². The van der Waals surface area contributed by atoms with Gasteiger partial charge < -0.3 is 15.2 Å². The lowest BCUT2D eigenvalue weighted by molar-refractivity contribution is 0.0922. The van der Waals surface area contributed by atoms with E-state index in [4.69, 9.17) is 9.84 Å². The minimum absolute atomic E-state index is 0.0901. The van der Waals surface area contributed by atoms with E-state index in [9.17, 15) is 0 Å². The number of aliphatic hydroxyl groups excluding tert-OH is 1. The van der Waals surface area contributed by atoms with Gasteiger partial charge in [0.2, 0.25) is 0 Å². The Morgan fingerprint density at radius 1 is 1.29 bits per heavy atom. The summed E-state index contributed by atoms with van der Waals surface area (Å²) in [6, 6.07) is 0. The molecule has 1 aromatic heterocycles. The number of aliphatic hydroxyl groups is 1. The third-order valence-corrected chi connectivity index (χ3v) is 2.87. The number of hydrogen-bond donors (Lipinski definition) is 2. The van der Waals surface area contributed by atoms with E-state index < -0.39 is 0 Å². The average Bonchev–Trinajstić information content (AvgIpc) is 2.82. The molecule has 2 rings (SSSR count). The Hall–Kier alpha value is -1.20. The number of nitrogens with zero attached hydrogens (tertiary/aromatic N) is 2. The van der Waals surface area contributed by atoms with Gasteiger partial charge in [0.25, 0.3) is 0 Å². The lowest BCUT2D eigenvalue weighted by Gasteiger charge is -2.09. The van der Waals surface area contributed by atoms with E-state index in [2.05, 4.69) is 15.3 Å². The fourth-order valence-electron chi connectivity index (χ4n) is 2.06. The minimum Gasteiger partial charge on any atom is -0.394 e. The summed E-state index contributed by atoms with van der Waals surface area (Å²) in [4.78, 5) is 8.57. The summed E-state index contributed by atoms with van der Waals surface area (Å²) in [6.07, 6.45) is 5.89. The van der Waals surface area contributed by atoms with Gasteiger partial charge in [-0.1, -0.05) is 0 Å².